The van der Waals surface area contributed by atoms with E-state index in [0.717, 1.165) is 18.7 Å². The van der Waals surface area contributed by atoms with Gasteiger partial charge in [0.25, 0.3) is 0 Å². The van der Waals surface area contributed by atoms with Crippen LogP contribution in [0.5, 0.6) is 0 Å². The lowest BCUT2D eigenvalue weighted by Gasteiger charge is -2.01. The molecule has 1 aromatic heterocycles. The van der Waals surface area contributed by atoms with Crippen LogP contribution >= 0.6 is 11.8 Å². The molecule has 0 unspecified atom stereocenters. The van der Waals surface area contributed by atoms with Gasteiger partial charge in [0, 0.05) is 6.54 Å². The third-order valence-electron chi connectivity index (χ3n) is 1.56. The first-order valence-corrected chi connectivity index (χ1v) is 5.24. The van der Waals surface area contributed by atoms with Crippen LogP contribution in [0.4, 0.5) is 0 Å². The summed E-state index contributed by atoms with van der Waals surface area (Å²) in [5, 5.41) is 12.8. The van der Waals surface area contributed by atoms with E-state index in [1.165, 1.54) is 6.33 Å². The molecule has 5 heteroatoms. The monoisotopic (exact) mass is 187 g/mol. The predicted molar refractivity (Wildman–Crippen MR) is 48.9 cm³/mol. The Balaban J connectivity index is 2.39. The highest BCUT2D eigenvalue weighted by atomic mass is 32.2. The number of hydrogen-bond acceptors (Lipinski definition) is 4. The zero-order valence-corrected chi connectivity index (χ0v) is 7.92. The molecule has 0 fully saturated rings. The second kappa shape index (κ2) is 5.16. The quantitative estimate of drug-likeness (QED) is 0.683. The van der Waals surface area contributed by atoms with E-state index >= 15 is 0 Å². The van der Waals surface area contributed by atoms with Crippen molar-refractivity contribution in [3.63, 3.8) is 0 Å². The molecule has 68 valence electrons. The van der Waals surface area contributed by atoms with Crippen LogP contribution in [0.15, 0.2) is 6.33 Å². The summed E-state index contributed by atoms with van der Waals surface area (Å²) in [7, 11) is 0. The number of thioether (sulfide) groups is 1. The second-order valence-corrected chi connectivity index (χ2v) is 3.39. The number of aliphatic hydroxyl groups is 1. The van der Waals surface area contributed by atoms with Gasteiger partial charge >= 0.3 is 0 Å². The van der Waals surface area contributed by atoms with Crippen molar-refractivity contribution < 1.29 is 5.11 Å². The highest BCUT2D eigenvalue weighted by Crippen LogP contribution is 2.00. The molecule has 0 aromatic carbocycles. The van der Waals surface area contributed by atoms with E-state index in [1.807, 2.05) is 11.8 Å². The van der Waals surface area contributed by atoms with Crippen LogP contribution in [0.25, 0.3) is 0 Å². The maximum absolute atomic E-state index is 8.84. The van der Waals surface area contributed by atoms with Crippen molar-refractivity contribution in [2.75, 3.05) is 12.0 Å². The molecule has 12 heavy (non-hydrogen) atoms. The Hall–Kier alpha value is -0.550. The lowest BCUT2D eigenvalue weighted by Crippen LogP contribution is -2.06. The van der Waals surface area contributed by atoms with Gasteiger partial charge in [0.1, 0.15) is 12.9 Å². The number of aliphatic hydroxyl groups excluding tert-OH is 1. The van der Waals surface area contributed by atoms with Crippen LogP contribution < -0.4 is 0 Å². The topological polar surface area (TPSA) is 50.9 Å². The Morgan fingerprint density at radius 2 is 2.50 bits per heavy atom. The van der Waals surface area contributed by atoms with Crippen LogP contribution in [0.2, 0.25) is 0 Å². The Bertz CT molecular complexity index is 226. The summed E-state index contributed by atoms with van der Waals surface area (Å²) in [5.41, 5.74) is 0. The lowest BCUT2D eigenvalue weighted by molar-refractivity contribution is 0.262. The second-order valence-electron chi connectivity index (χ2n) is 2.40. The maximum Gasteiger partial charge on any atom is 0.152 e. The van der Waals surface area contributed by atoms with Gasteiger partial charge < -0.3 is 5.11 Å². The van der Waals surface area contributed by atoms with E-state index in [-0.39, 0.29) is 6.61 Å². The molecule has 0 radical (unpaired) electrons. The van der Waals surface area contributed by atoms with E-state index in [4.69, 9.17) is 5.11 Å². The standard InChI is InChI=1S/C7H13N3OS/c1-12-4-2-3-10-7(5-11)8-6-9-10/h6,11H,2-5H2,1H3. The van der Waals surface area contributed by atoms with Crippen molar-refractivity contribution in [3.8, 4) is 0 Å². The van der Waals surface area contributed by atoms with Gasteiger partial charge in [-0.05, 0) is 18.4 Å². The fourth-order valence-electron chi connectivity index (χ4n) is 0.956. The van der Waals surface area contributed by atoms with Gasteiger partial charge in [0.15, 0.2) is 5.82 Å². The molecule has 0 amide bonds. The van der Waals surface area contributed by atoms with Gasteiger partial charge in [-0.25, -0.2) is 9.67 Å². The summed E-state index contributed by atoms with van der Waals surface area (Å²) in [6, 6.07) is 0. The molecule has 0 saturated heterocycles. The van der Waals surface area contributed by atoms with Crippen LogP contribution in [-0.2, 0) is 13.2 Å². The van der Waals surface area contributed by atoms with Crippen LogP contribution in [0.3, 0.4) is 0 Å². The number of nitrogens with zero attached hydrogens (tertiary/aromatic N) is 3. The average Bonchev–Trinajstić information content (AvgIpc) is 2.52. The Morgan fingerprint density at radius 1 is 1.67 bits per heavy atom. The molecule has 0 spiro atoms. The lowest BCUT2D eigenvalue weighted by atomic mass is 10.5. The Morgan fingerprint density at radius 3 is 3.17 bits per heavy atom. The summed E-state index contributed by atoms with van der Waals surface area (Å²) in [4.78, 5) is 3.91. The third-order valence-corrected chi connectivity index (χ3v) is 2.25. The van der Waals surface area contributed by atoms with E-state index in [0.29, 0.717) is 5.82 Å². The van der Waals surface area contributed by atoms with Crippen molar-refractivity contribution in [1.82, 2.24) is 14.8 Å². The van der Waals surface area contributed by atoms with E-state index in [1.54, 1.807) is 4.68 Å². The zero-order chi connectivity index (χ0) is 8.81. The van der Waals surface area contributed by atoms with Gasteiger partial charge in [0.05, 0.1) is 0 Å². The van der Waals surface area contributed by atoms with Crippen LogP contribution in [0, 0.1) is 0 Å². The summed E-state index contributed by atoms with van der Waals surface area (Å²) in [6.45, 7) is 0.815. The minimum absolute atomic E-state index is 0.0285. The molecule has 0 bridgehead atoms. The third kappa shape index (κ3) is 2.49. The van der Waals surface area contributed by atoms with Crippen molar-refractivity contribution in [2.24, 2.45) is 0 Å². The Kier molecular flexibility index (Phi) is 4.10. The van der Waals surface area contributed by atoms with E-state index in [2.05, 4.69) is 16.3 Å². The minimum atomic E-state index is -0.0285. The molecule has 1 heterocycles. The van der Waals surface area contributed by atoms with E-state index in [9.17, 15) is 0 Å². The van der Waals surface area contributed by atoms with Gasteiger partial charge in [-0.1, -0.05) is 0 Å². The first kappa shape index (κ1) is 9.54. The molecular formula is C7H13N3OS. The molecule has 0 aliphatic heterocycles. The van der Waals surface area contributed by atoms with Crippen molar-refractivity contribution in [2.45, 2.75) is 19.6 Å². The van der Waals surface area contributed by atoms with Crippen LogP contribution in [0.1, 0.15) is 12.2 Å². The van der Waals surface area contributed by atoms with Crippen molar-refractivity contribution in [1.29, 1.82) is 0 Å². The first-order chi connectivity index (χ1) is 5.88. The summed E-state index contributed by atoms with van der Waals surface area (Å²) < 4.78 is 1.75. The molecule has 0 atom stereocenters. The first-order valence-electron chi connectivity index (χ1n) is 3.85. The van der Waals surface area contributed by atoms with E-state index < -0.39 is 0 Å². The normalized spacial score (nSPS) is 10.5. The maximum atomic E-state index is 8.84. The van der Waals surface area contributed by atoms with Crippen molar-refractivity contribution in [3.05, 3.63) is 12.2 Å². The van der Waals surface area contributed by atoms with Gasteiger partial charge in [0.2, 0.25) is 0 Å². The molecular weight excluding hydrogens is 174 g/mol. The van der Waals surface area contributed by atoms with Gasteiger partial charge in [-0.2, -0.15) is 16.9 Å². The molecule has 1 rings (SSSR count). The largest absolute Gasteiger partial charge is 0.388 e. The minimum Gasteiger partial charge on any atom is -0.388 e. The molecule has 0 aliphatic rings. The zero-order valence-electron chi connectivity index (χ0n) is 7.10. The molecule has 4 nitrogen and oxygen atoms in total. The fourth-order valence-corrected chi connectivity index (χ4v) is 1.37. The molecule has 0 aliphatic carbocycles. The molecule has 1 aromatic rings. The summed E-state index contributed by atoms with van der Waals surface area (Å²) >= 11 is 1.81. The number of aromatic nitrogens is 3. The summed E-state index contributed by atoms with van der Waals surface area (Å²) in [6.07, 6.45) is 4.62. The molecule has 1 N–H and O–H groups in total. The highest BCUT2D eigenvalue weighted by molar-refractivity contribution is 7.98. The van der Waals surface area contributed by atoms with Crippen molar-refractivity contribution >= 4 is 11.8 Å². The number of hydrogen-bond donors (Lipinski definition) is 1. The number of aryl methyl sites for hydroxylation is 1. The summed E-state index contributed by atoms with van der Waals surface area (Å²) in [5.74, 6) is 1.76. The highest BCUT2D eigenvalue weighted by Gasteiger charge is 2.00. The number of rotatable bonds is 5. The van der Waals surface area contributed by atoms with Crippen LogP contribution in [-0.4, -0.2) is 31.9 Å². The fraction of sp³-hybridized carbons (Fsp3) is 0.714. The smallest absolute Gasteiger partial charge is 0.152 e. The average molecular weight is 187 g/mol. The predicted octanol–water partition coefficient (Wildman–Crippen LogP) is 0.523. The SMILES string of the molecule is CSCCCn1ncnc1CO. The van der Waals surface area contributed by atoms with Gasteiger partial charge in [-0.15, -0.1) is 0 Å². The Labute approximate surface area is 76.0 Å². The molecule has 0 saturated carbocycles. The van der Waals surface area contributed by atoms with Gasteiger partial charge in [-0.3, -0.25) is 0 Å².